The van der Waals surface area contributed by atoms with Crippen molar-refractivity contribution in [3.8, 4) is 0 Å². The van der Waals surface area contributed by atoms with Crippen LogP contribution in [0.3, 0.4) is 0 Å². The predicted molar refractivity (Wildman–Crippen MR) is 81.7 cm³/mol. The molecule has 2 rings (SSSR count). The Morgan fingerprint density at radius 3 is 2.84 bits per heavy atom. The van der Waals surface area contributed by atoms with E-state index in [0.717, 1.165) is 23.1 Å². The number of nitrogens with zero attached hydrogens (tertiary/aromatic N) is 1. The fourth-order valence-corrected chi connectivity index (χ4v) is 2.60. The summed E-state index contributed by atoms with van der Waals surface area (Å²) in [6.45, 7) is 3.63. The summed E-state index contributed by atoms with van der Waals surface area (Å²) in [5.41, 5.74) is 1.14. The minimum absolute atomic E-state index is 0.581. The first-order valence-electron chi connectivity index (χ1n) is 7.07. The van der Waals surface area contributed by atoms with Crippen molar-refractivity contribution in [2.24, 2.45) is 4.99 Å². The molecule has 0 aromatic heterocycles. The van der Waals surface area contributed by atoms with E-state index in [9.17, 15) is 0 Å². The molecule has 104 valence electrons. The molecule has 0 amide bonds. The van der Waals surface area contributed by atoms with Crippen LogP contribution in [-0.2, 0) is 6.54 Å². The second-order valence-corrected chi connectivity index (χ2v) is 5.39. The van der Waals surface area contributed by atoms with Crippen LogP contribution < -0.4 is 10.6 Å². The Hall–Kier alpha value is -1.22. The molecule has 1 aromatic rings. The molecule has 1 aromatic carbocycles. The SMILES string of the molecule is CCNC(=NCc1cccc(Cl)c1)NC1CCCC1. The zero-order chi connectivity index (χ0) is 13.5. The van der Waals surface area contributed by atoms with E-state index >= 15 is 0 Å². The third-order valence-corrected chi connectivity index (χ3v) is 3.58. The van der Waals surface area contributed by atoms with Gasteiger partial charge < -0.3 is 10.6 Å². The number of nitrogens with one attached hydrogen (secondary N) is 2. The molecule has 4 heteroatoms. The summed E-state index contributed by atoms with van der Waals surface area (Å²) in [5.74, 6) is 0.911. The van der Waals surface area contributed by atoms with Crippen LogP contribution in [0.15, 0.2) is 29.3 Å². The van der Waals surface area contributed by atoms with Crippen molar-refractivity contribution in [1.82, 2.24) is 10.6 Å². The Balaban J connectivity index is 1.95. The van der Waals surface area contributed by atoms with Gasteiger partial charge in [-0.3, -0.25) is 0 Å². The number of rotatable bonds is 4. The summed E-state index contributed by atoms with van der Waals surface area (Å²) < 4.78 is 0. The number of halogens is 1. The molecular formula is C15H22ClN3. The van der Waals surface area contributed by atoms with Gasteiger partial charge in [-0.1, -0.05) is 36.6 Å². The standard InChI is InChI=1S/C15H22ClN3/c1-2-17-15(19-14-8-3-4-9-14)18-11-12-6-5-7-13(16)10-12/h5-7,10,14H,2-4,8-9,11H2,1H3,(H2,17,18,19). The smallest absolute Gasteiger partial charge is 0.191 e. The van der Waals surface area contributed by atoms with Crippen LogP contribution in [0.4, 0.5) is 0 Å². The lowest BCUT2D eigenvalue weighted by molar-refractivity contribution is 0.614. The monoisotopic (exact) mass is 279 g/mol. The molecule has 1 fully saturated rings. The lowest BCUT2D eigenvalue weighted by Crippen LogP contribution is -2.42. The van der Waals surface area contributed by atoms with Gasteiger partial charge >= 0.3 is 0 Å². The quantitative estimate of drug-likeness (QED) is 0.655. The average molecular weight is 280 g/mol. The molecule has 0 radical (unpaired) electrons. The van der Waals surface area contributed by atoms with Crippen LogP contribution in [0.1, 0.15) is 38.2 Å². The third kappa shape index (κ3) is 4.75. The van der Waals surface area contributed by atoms with E-state index in [2.05, 4.69) is 28.6 Å². The molecule has 0 atom stereocenters. The second-order valence-electron chi connectivity index (χ2n) is 4.95. The van der Waals surface area contributed by atoms with E-state index in [1.54, 1.807) is 0 Å². The van der Waals surface area contributed by atoms with Crippen LogP contribution in [0.2, 0.25) is 5.02 Å². The van der Waals surface area contributed by atoms with Crippen LogP contribution >= 0.6 is 11.6 Å². The van der Waals surface area contributed by atoms with Gasteiger partial charge in [0.1, 0.15) is 0 Å². The highest BCUT2D eigenvalue weighted by Gasteiger charge is 2.15. The van der Waals surface area contributed by atoms with Crippen LogP contribution in [0.25, 0.3) is 0 Å². The second kappa shape index (κ2) is 7.39. The lowest BCUT2D eigenvalue weighted by atomic mass is 10.2. The fraction of sp³-hybridized carbons (Fsp3) is 0.533. The van der Waals surface area contributed by atoms with Gasteiger partial charge in [0.05, 0.1) is 6.54 Å². The summed E-state index contributed by atoms with van der Waals surface area (Å²) >= 11 is 5.98. The van der Waals surface area contributed by atoms with Gasteiger partial charge in [-0.25, -0.2) is 4.99 Å². The Morgan fingerprint density at radius 2 is 2.16 bits per heavy atom. The molecule has 0 unspecified atom stereocenters. The highest BCUT2D eigenvalue weighted by molar-refractivity contribution is 6.30. The molecule has 1 saturated carbocycles. The van der Waals surface area contributed by atoms with Crippen LogP contribution in [0.5, 0.6) is 0 Å². The fourth-order valence-electron chi connectivity index (χ4n) is 2.39. The van der Waals surface area contributed by atoms with E-state index in [-0.39, 0.29) is 0 Å². The van der Waals surface area contributed by atoms with Crippen molar-refractivity contribution in [2.45, 2.75) is 45.2 Å². The zero-order valence-electron chi connectivity index (χ0n) is 11.5. The largest absolute Gasteiger partial charge is 0.357 e. The molecule has 3 nitrogen and oxygen atoms in total. The number of hydrogen-bond donors (Lipinski definition) is 2. The minimum atomic E-state index is 0.581. The highest BCUT2D eigenvalue weighted by Crippen LogP contribution is 2.17. The highest BCUT2D eigenvalue weighted by atomic mass is 35.5. The van der Waals surface area contributed by atoms with E-state index in [0.29, 0.717) is 12.6 Å². The van der Waals surface area contributed by atoms with Crippen molar-refractivity contribution >= 4 is 17.6 Å². The average Bonchev–Trinajstić information content (AvgIpc) is 2.89. The van der Waals surface area contributed by atoms with E-state index < -0.39 is 0 Å². The van der Waals surface area contributed by atoms with Crippen molar-refractivity contribution in [3.05, 3.63) is 34.9 Å². The number of benzene rings is 1. The molecular weight excluding hydrogens is 258 g/mol. The summed E-state index contributed by atoms with van der Waals surface area (Å²) in [6, 6.07) is 8.44. The molecule has 0 heterocycles. The van der Waals surface area contributed by atoms with Gasteiger partial charge in [0.15, 0.2) is 5.96 Å². The van der Waals surface area contributed by atoms with Crippen molar-refractivity contribution in [3.63, 3.8) is 0 Å². The van der Waals surface area contributed by atoms with E-state index in [4.69, 9.17) is 11.6 Å². The maximum Gasteiger partial charge on any atom is 0.191 e. The molecule has 0 spiro atoms. The zero-order valence-corrected chi connectivity index (χ0v) is 12.2. The molecule has 1 aliphatic carbocycles. The molecule has 0 bridgehead atoms. The maximum atomic E-state index is 5.98. The van der Waals surface area contributed by atoms with Crippen molar-refractivity contribution < 1.29 is 0 Å². The van der Waals surface area contributed by atoms with E-state index in [1.165, 1.54) is 25.7 Å². The first-order valence-corrected chi connectivity index (χ1v) is 7.45. The molecule has 19 heavy (non-hydrogen) atoms. The van der Waals surface area contributed by atoms with Gasteiger partial charge in [-0.15, -0.1) is 0 Å². The lowest BCUT2D eigenvalue weighted by Gasteiger charge is -2.16. The summed E-state index contributed by atoms with van der Waals surface area (Å²) in [7, 11) is 0. The molecule has 2 N–H and O–H groups in total. The minimum Gasteiger partial charge on any atom is -0.357 e. The van der Waals surface area contributed by atoms with Gasteiger partial charge in [0.25, 0.3) is 0 Å². The van der Waals surface area contributed by atoms with E-state index in [1.807, 2.05) is 18.2 Å². The van der Waals surface area contributed by atoms with Crippen LogP contribution in [-0.4, -0.2) is 18.5 Å². The maximum absolute atomic E-state index is 5.98. The first-order chi connectivity index (χ1) is 9.28. The Kier molecular flexibility index (Phi) is 5.52. The van der Waals surface area contributed by atoms with Crippen molar-refractivity contribution in [1.29, 1.82) is 0 Å². The Labute approximate surface area is 120 Å². The van der Waals surface area contributed by atoms with Gasteiger partial charge in [0, 0.05) is 17.6 Å². The third-order valence-electron chi connectivity index (χ3n) is 3.35. The summed E-state index contributed by atoms with van der Waals surface area (Å²) in [4.78, 5) is 4.62. The molecule has 0 aliphatic heterocycles. The topological polar surface area (TPSA) is 36.4 Å². The molecule has 1 aliphatic rings. The Bertz CT molecular complexity index is 425. The normalized spacial score (nSPS) is 16.6. The summed E-state index contributed by atoms with van der Waals surface area (Å²) in [5, 5.41) is 7.57. The number of hydrogen-bond acceptors (Lipinski definition) is 1. The first kappa shape index (κ1) is 14.2. The van der Waals surface area contributed by atoms with Crippen molar-refractivity contribution in [2.75, 3.05) is 6.54 Å². The predicted octanol–water partition coefficient (Wildman–Crippen LogP) is 3.34. The van der Waals surface area contributed by atoms with Gasteiger partial charge in [0.2, 0.25) is 0 Å². The van der Waals surface area contributed by atoms with Gasteiger partial charge in [-0.05, 0) is 37.5 Å². The number of aliphatic imine (C=N–C) groups is 1. The van der Waals surface area contributed by atoms with Gasteiger partial charge in [-0.2, -0.15) is 0 Å². The number of guanidine groups is 1. The molecule has 0 saturated heterocycles. The Morgan fingerprint density at radius 1 is 1.37 bits per heavy atom. The summed E-state index contributed by atoms with van der Waals surface area (Å²) in [6.07, 6.45) is 5.15. The van der Waals surface area contributed by atoms with Crippen LogP contribution in [0, 0.1) is 0 Å².